The van der Waals surface area contributed by atoms with Crippen LogP contribution < -0.4 is 17.8 Å². The van der Waals surface area contributed by atoms with Gasteiger partial charge in [0.05, 0.1) is 11.6 Å². The fraction of sp³-hybridized carbons (Fsp3) is 0.286. The van der Waals surface area contributed by atoms with E-state index in [1.807, 2.05) is 11.9 Å². The predicted molar refractivity (Wildman–Crippen MR) is 107 cm³/mol. The summed E-state index contributed by atoms with van der Waals surface area (Å²) in [5.74, 6) is -0.505. The van der Waals surface area contributed by atoms with Crippen LogP contribution in [0.2, 0.25) is 5.02 Å². The second-order valence-electron chi connectivity index (χ2n) is 7.11. The van der Waals surface area contributed by atoms with Gasteiger partial charge in [0, 0.05) is 35.2 Å². The minimum atomic E-state index is -0.429. The Labute approximate surface area is 178 Å². The van der Waals surface area contributed by atoms with Crippen LogP contribution in [0, 0.1) is 0 Å². The lowest BCUT2D eigenvalue weighted by molar-refractivity contribution is -0.00000942. The number of phenols is 2. The molecule has 1 aliphatic heterocycles. The molecule has 0 aliphatic carbocycles. The number of nitrogens with zero attached hydrogens (tertiary/aromatic N) is 1. The molecular weight excluding hydrogens is 417 g/mol. The topological polar surface area (TPSA) is 94.1 Å². The second kappa shape index (κ2) is 8.24. The van der Waals surface area contributed by atoms with Crippen molar-refractivity contribution in [3.63, 3.8) is 0 Å². The highest BCUT2D eigenvalue weighted by molar-refractivity contribution is 6.33. The molecular formula is C21H20Cl2NO5-. The van der Waals surface area contributed by atoms with Gasteiger partial charge in [-0.15, -0.1) is 0 Å². The van der Waals surface area contributed by atoms with E-state index >= 15 is 0 Å². The monoisotopic (exact) mass is 436 g/mol. The number of aliphatic hydroxyl groups excluding tert-OH is 1. The number of hydrogen-bond donors (Lipinski definition) is 3. The largest absolute Gasteiger partial charge is 1.00 e. The molecule has 2 heterocycles. The van der Waals surface area contributed by atoms with E-state index in [0.29, 0.717) is 22.6 Å². The zero-order chi connectivity index (χ0) is 20.0. The Morgan fingerprint density at radius 3 is 2.62 bits per heavy atom. The average Bonchev–Trinajstić information content (AvgIpc) is 3.01. The Hall–Kier alpha value is -2.25. The molecule has 8 heteroatoms. The van der Waals surface area contributed by atoms with Gasteiger partial charge in [0.25, 0.3) is 0 Å². The molecule has 2 atom stereocenters. The zero-order valence-electron chi connectivity index (χ0n) is 15.6. The summed E-state index contributed by atoms with van der Waals surface area (Å²) in [5.41, 5.74) is 0.655. The normalized spacial score (nSPS) is 19.4. The first-order valence-corrected chi connectivity index (χ1v) is 9.38. The van der Waals surface area contributed by atoms with Crippen molar-refractivity contribution in [2.45, 2.75) is 18.4 Å². The summed E-state index contributed by atoms with van der Waals surface area (Å²) in [4.78, 5) is 14.8. The van der Waals surface area contributed by atoms with Crippen molar-refractivity contribution in [2.75, 3.05) is 20.2 Å². The first-order valence-electron chi connectivity index (χ1n) is 9.01. The molecule has 2 unspecified atom stereocenters. The van der Waals surface area contributed by atoms with Crippen LogP contribution in [0.3, 0.4) is 0 Å². The molecule has 1 fully saturated rings. The average molecular weight is 437 g/mol. The quantitative estimate of drug-likeness (QED) is 0.546. The van der Waals surface area contributed by atoms with Crippen molar-refractivity contribution in [2.24, 2.45) is 0 Å². The van der Waals surface area contributed by atoms with Crippen molar-refractivity contribution in [1.82, 2.24) is 4.90 Å². The van der Waals surface area contributed by atoms with Gasteiger partial charge in [-0.2, -0.15) is 0 Å². The summed E-state index contributed by atoms with van der Waals surface area (Å²) >= 11 is 6.26. The first kappa shape index (κ1) is 21.5. The minimum Gasteiger partial charge on any atom is -1.00 e. The van der Waals surface area contributed by atoms with Gasteiger partial charge in [-0.05, 0) is 32.1 Å². The molecule has 0 bridgehead atoms. The van der Waals surface area contributed by atoms with Gasteiger partial charge in [0.1, 0.15) is 28.2 Å². The SMILES string of the molecule is CN1CCC(c2c(O)cc(O)c3c(=O)cc(-c4ccccc4Cl)oc23)C1CO.[Cl-]. The maximum Gasteiger partial charge on any atom is 0.197 e. The third kappa shape index (κ3) is 3.57. The van der Waals surface area contributed by atoms with E-state index in [4.69, 9.17) is 16.0 Å². The van der Waals surface area contributed by atoms with E-state index in [0.717, 1.165) is 12.6 Å². The minimum absolute atomic E-state index is 0. The summed E-state index contributed by atoms with van der Waals surface area (Å²) < 4.78 is 6.04. The molecule has 0 spiro atoms. The summed E-state index contributed by atoms with van der Waals surface area (Å²) in [6, 6.07) is 9.19. The lowest BCUT2D eigenvalue weighted by atomic mass is 9.89. The molecule has 0 amide bonds. The van der Waals surface area contributed by atoms with Gasteiger partial charge in [-0.3, -0.25) is 4.79 Å². The van der Waals surface area contributed by atoms with E-state index in [1.165, 1.54) is 6.07 Å². The number of fused-ring (bicyclic) bond motifs is 1. The van der Waals surface area contributed by atoms with E-state index in [2.05, 4.69) is 0 Å². The Bertz CT molecular complexity index is 1110. The fourth-order valence-electron chi connectivity index (χ4n) is 4.09. The van der Waals surface area contributed by atoms with Crippen LogP contribution in [-0.2, 0) is 0 Å². The molecule has 0 radical (unpaired) electrons. The Morgan fingerprint density at radius 1 is 1.21 bits per heavy atom. The molecule has 6 nitrogen and oxygen atoms in total. The number of halogens is 2. The molecule has 29 heavy (non-hydrogen) atoms. The molecule has 1 aliphatic rings. The van der Waals surface area contributed by atoms with Crippen LogP contribution in [0.5, 0.6) is 11.5 Å². The number of aromatic hydroxyl groups is 2. The van der Waals surface area contributed by atoms with E-state index in [-0.39, 0.29) is 59.2 Å². The van der Waals surface area contributed by atoms with Crippen LogP contribution >= 0.6 is 11.6 Å². The van der Waals surface area contributed by atoms with Crippen LogP contribution in [0.15, 0.2) is 45.6 Å². The van der Waals surface area contributed by atoms with Crippen LogP contribution in [0.25, 0.3) is 22.3 Å². The lowest BCUT2D eigenvalue weighted by Crippen LogP contribution is -3.00. The summed E-state index contributed by atoms with van der Waals surface area (Å²) in [6.07, 6.45) is 0.676. The van der Waals surface area contributed by atoms with Crippen molar-refractivity contribution < 1.29 is 32.1 Å². The molecule has 0 saturated carbocycles. The first-order chi connectivity index (χ1) is 13.4. The fourth-order valence-corrected chi connectivity index (χ4v) is 4.31. The van der Waals surface area contributed by atoms with Crippen LogP contribution in [0.1, 0.15) is 17.9 Å². The van der Waals surface area contributed by atoms with Crippen molar-refractivity contribution in [3.8, 4) is 22.8 Å². The van der Waals surface area contributed by atoms with Crippen molar-refractivity contribution in [3.05, 3.63) is 57.2 Å². The number of hydrogen-bond acceptors (Lipinski definition) is 6. The summed E-state index contributed by atoms with van der Waals surface area (Å²) in [7, 11) is 1.89. The summed E-state index contributed by atoms with van der Waals surface area (Å²) in [5, 5.41) is 31.2. The molecule has 2 aromatic carbocycles. The number of aliphatic hydroxyl groups is 1. The molecule has 154 valence electrons. The Kier molecular flexibility index (Phi) is 6.10. The number of likely N-dealkylation sites (tertiary alicyclic amines) is 1. The molecule has 4 rings (SSSR count). The molecule has 1 saturated heterocycles. The number of rotatable bonds is 3. The third-order valence-corrected chi connectivity index (χ3v) is 5.85. The maximum absolute atomic E-state index is 12.8. The van der Waals surface area contributed by atoms with Crippen molar-refractivity contribution >= 4 is 22.6 Å². The van der Waals surface area contributed by atoms with Gasteiger partial charge in [0.15, 0.2) is 5.43 Å². The highest BCUT2D eigenvalue weighted by Crippen LogP contribution is 2.44. The smallest absolute Gasteiger partial charge is 0.197 e. The zero-order valence-corrected chi connectivity index (χ0v) is 17.1. The second-order valence-corrected chi connectivity index (χ2v) is 7.52. The summed E-state index contributed by atoms with van der Waals surface area (Å²) in [6.45, 7) is 0.629. The van der Waals surface area contributed by atoms with E-state index < -0.39 is 5.43 Å². The third-order valence-electron chi connectivity index (χ3n) is 5.52. The van der Waals surface area contributed by atoms with Crippen LogP contribution in [-0.4, -0.2) is 46.5 Å². The van der Waals surface area contributed by atoms with E-state index in [1.54, 1.807) is 24.3 Å². The van der Waals surface area contributed by atoms with Gasteiger partial charge in [0.2, 0.25) is 0 Å². The van der Waals surface area contributed by atoms with Gasteiger partial charge in [-0.1, -0.05) is 23.7 Å². The number of likely N-dealkylation sites (N-methyl/N-ethyl adjacent to an activating group) is 1. The molecule has 3 aromatic rings. The number of phenolic OH excluding ortho intramolecular Hbond substituents is 2. The highest BCUT2D eigenvalue weighted by atomic mass is 35.5. The number of benzene rings is 2. The lowest BCUT2D eigenvalue weighted by Gasteiger charge is -2.24. The Balaban J connectivity index is 0.00000240. The predicted octanol–water partition coefficient (Wildman–Crippen LogP) is 0.309. The van der Waals surface area contributed by atoms with Crippen LogP contribution in [0.4, 0.5) is 0 Å². The molecule has 1 aromatic heterocycles. The standard InChI is InChI=1S/C21H20ClNO5.ClH/c1-23-7-6-12(14(23)10-24)19-15(25)8-16(26)20-17(27)9-18(28-21(19)20)11-4-2-3-5-13(11)22;/h2-5,8-9,12,14,24-26H,6-7,10H2,1H3;1H/p-1. The highest BCUT2D eigenvalue weighted by Gasteiger charge is 2.36. The van der Waals surface area contributed by atoms with Gasteiger partial charge >= 0.3 is 0 Å². The maximum atomic E-state index is 12.8. The Morgan fingerprint density at radius 2 is 1.93 bits per heavy atom. The van der Waals surface area contributed by atoms with Gasteiger partial charge < -0.3 is 37.0 Å². The molecule has 3 N–H and O–H groups in total. The van der Waals surface area contributed by atoms with Gasteiger partial charge in [-0.25, -0.2) is 0 Å². The van der Waals surface area contributed by atoms with E-state index in [9.17, 15) is 20.1 Å². The van der Waals surface area contributed by atoms with Crippen molar-refractivity contribution in [1.29, 1.82) is 0 Å².